The summed E-state index contributed by atoms with van der Waals surface area (Å²) in [6.45, 7) is 3.65. The Hall–Kier alpha value is -0.120. The summed E-state index contributed by atoms with van der Waals surface area (Å²) in [6, 6.07) is 2.17. The van der Waals surface area contributed by atoms with Crippen molar-refractivity contribution >= 4 is 27.3 Å². The zero-order valence-corrected chi connectivity index (χ0v) is 8.49. The number of hydrogen-bond acceptors (Lipinski definition) is 2. The number of hydrogen-bond donors (Lipinski definition) is 1. The van der Waals surface area contributed by atoms with Crippen molar-refractivity contribution < 1.29 is 0 Å². The highest BCUT2D eigenvalue weighted by molar-refractivity contribution is 9.10. The van der Waals surface area contributed by atoms with E-state index in [2.05, 4.69) is 28.6 Å². The Labute approximate surface area is 79.0 Å². The highest BCUT2D eigenvalue weighted by Crippen LogP contribution is 2.25. The third kappa shape index (κ3) is 2.43. The normalized spacial score (nSPS) is 12.9. The lowest BCUT2D eigenvalue weighted by Gasteiger charge is -2.03. The average molecular weight is 232 g/mol. The molecule has 60 valence electrons. The van der Waals surface area contributed by atoms with Crippen molar-refractivity contribution in [2.75, 3.05) is 0 Å². The van der Waals surface area contributed by atoms with Crippen LogP contribution in [-0.2, 0) is 0 Å². The molecule has 3 heteroatoms. The molecule has 0 radical (unpaired) electrons. The summed E-state index contributed by atoms with van der Waals surface area (Å²) in [4.78, 5) is 1.21. The van der Waals surface area contributed by atoms with Crippen LogP contribution in [0.15, 0.2) is 28.6 Å². The van der Waals surface area contributed by atoms with Crippen molar-refractivity contribution in [2.45, 2.75) is 12.5 Å². The Bertz CT molecular complexity index is 244. The minimum Gasteiger partial charge on any atom is -0.323 e. The maximum absolute atomic E-state index is 5.84. The second-order valence-corrected chi connectivity index (χ2v) is 4.16. The van der Waals surface area contributed by atoms with Crippen molar-refractivity contribution in [3.8, 4) is 0 Å². The first-order valence-electron chi connectivity index (χ1n) is 3.34. The van der Waals surface area contributed by atoms with Crippen molar-refractivity contribution in [1.29, 1.82) is 0 Å². The number of rotatable bonds is 3. The van der Waals surface area contributed by atoms with Gasteiger partial charge in [0.15, 0.2) is 0 Å². The Morgan fingerprint density at radius 1 is 1.82 bits per heavy atom. The fourth-order valence-electron chi connectivity index (χ4n) is 0.818. The van der Waals surface area contributed by atoms with E-state index < -0.39 is 0 Å². The van der Waals surface area contributed by atoms with Gasteiger partial charge >= 0.3 is 0 Å². The van der Waals surface area contributed by atoms with Crippen LogP contribution in [0.4, 0.5) is 0 Å². The molecule has 0 saturated heterocycles. The van der Waals surface area contributed by atoms with Crippen LogP contribution >= 0.6 is 27.3 Å². The molecule has 0 amide bonds. The summed E-state index contributed by atoms with van der Waals surface area (Å²) in [7, 11) is 0. The molecule has 0 unspecified atom stereocenters. The molecule has 0 aromatic carbocycles. The molecule has 1 atom stereocenters. The molecule has 0 saturated carbocycles. The minimum absolute atomic E-state index is 0.115. The molecule has 1 rings (SSSR count). The van der Waals surface area contributed by atoms with Crippen LogP contribution in [0.2, 0.25) is 0 Å². The Morgan fingerprint density at radius 2 is 2.55 bits per heavy atom. The van der Waals surface area contributed by atoms with Crippen molar-refractivity contribution in [2.24, 2.45) is 5.73 Å². The van der Waals surface area contributed by atoms with Crippen LogP contribution in [0.5, 0.6) is 0 Å². The van der Waals surface area contributed by atoms with E-state index in [1.54, 1.807) is 11.3 Å². The van der Waals surface area contributed by atoms with E-state index in [-0.39, 0.29) is 6.04 Å². The first kappa shape index (κ1) is 8.97. The van der Waals surface area contributed by atoms with E-state index in [0.29, 0.717) is 0 Å². The van der Waals surface area contributed by atoms with Gasteiger partial charge in [-0.25, -0.2) is 0 Å². The highest BCUT2D eigenvalue weighted by Gasteiger charge is 2.05. The number of nitrogens with two attached hydrogens (primary N) is 1. The van der Waals surface area contributed by atoms with Crippen LogP contribution < -0.4 is 5.73 Å². The lowest BCUT2D eigenvalue weighted by atomic mass is 10.2. The molecular formula is C8H10BrNS. The summed E-state index contributed by atoms with van der Waals surface area (Å²) < 4.78 is 1.11. The van der Waals surface area contributed by atoms with Crippen LogP contribution in [0, 0.1) is 0 Å². The molecule has 0 aliphatic heterocycles. The predicted octanol–water partition coefficient (Wildman–Crippen LogP) is 3.09. The first-order valence-corrected chi connectivity index (χ1v) is 5.01. The van der Waals surface area contributed by atoms with Crippen molar-refractivity contribution in [3.63, 3.8) is 0 Å². The maximum atomic E-state index is 5.84. The third-order valence-electron chi connectivity index (χ3n) is 1.37. The second kappa shape index (κ2) is 4.04. The molecule has 0 aliphatic rings. The second-order valence-electron chi connectivity index (χ2n) is 2.30. The van der Waals surface area contributed by atoms with E-state index in [1.165, 1.54) is 4.88 Å². The molecule has 0 spiro atoms. The molecule has 1 aromatic rings. The molecule has 1 heterocycles. The van der Waals surface area contributed by atoms with Gasteiger partial charge in [0.25, 0.3) is 0 Å². The van der Waals surface area contributed by atoms with Crippen LogP contribution in [0.3, 0.4) is 0 Å². The van der Waals surface area contributed by atoms with E-state index >= 15 is 0 Å². The summed E-state index contributed by atoms with van der Waals surface area (Å²) in [5.41, 5.74) is 5.84. The fraction of sp³-hybridized carbons (Fsp3) is 0.250. The zero-order chi connectivity index (χ0) is 8.27. The Morgan fingerprint density at radius 3 is 3.00 bits per heavy atom. The van der Waals surface area contributed by atoms with Gasteiger partial charge in [-0.2, -0.15) is 0 Å². The third-order valence-corrected chi connectivity index (χ3v) is 3.20. The SMILES string of the molecule is C=CC[C@@H](N)c1cc(Br)cs1. The lowest BCUT2D eigenvalue weighted by molar-refractivity contribution is 0.757. The Balaban J connectivity index is 2.67. The highest BCUT2D eigenvalue weighted by atomic mass is 79.9. The topological polar surface area (TPSA) is 26.0 Å². The smallest absolute Gasteiger partial charge is 0.0424 e. The largest absolute Gasteiger partial charge is 0.323 e. The fourth-order valence-corrected chi connectivity index (χ4v) is 2.28. The van der Waals surface area contributed by atoms with Gasteiger partial charge in [-0.3, -0.25) is 0 Å². The molecule has 0 aliphatic carbocycles. The van der Waals surface area contributed by atoms with E-state index in [4.69, 9.17) is 5.73 Å². The Kier molecular flexibility index (Phi) is 3.30. The average Bonchev–Trinajstić information content (AvgIpc) is 2.36. The quantitative estimate of drug-likeness (QED) is 0.796. The zero-order valence-electron chi connectivity index (χ0n) is 6.09. The number of thiophene rings is 1. The molecule has 11 heavy (non-hydrogen) atoms. The standard InChI is InChI=1S/C8H10BrNS/c1-2-3-7(10)8-4-6(9)5-11-8/h2,4-5,7H,1,3,10H2/t7-/m1/s1. The van der Waals surface area contributed by atoms with Gasteiger partial charge in [0.05, 0.1) is 0 Å². The van der Waals surface area contributed by atoms with Gasteiger partial charge < -0.3 is 5.73 Å². The molecule has 0 fully saturated rings. The van der Waals surface area contributed by atoms with Crippen LogP contribution in [-0.4, -0.2) is 0 Å². The van der Waals surface area contributed by atoms with E-state index in [9.17, 15) is 0 Å². The van der Waals surface area contributed by atoms with E-state index in [0.717, 1.165) is 10.9 Å². The predicted molar refractivity (Wildman–Crippen MR) is 53.8 cm³/mol. The van der Waals surface area contributed by atoms with Gasteiger partial charge in [-0.15, -0.1) is 17.9 Å². The van der Waals surface area contributed by atoms with Gasteiger partial charge in [0, 0.05) is 20.8 Å². The molecule has 2 N–H and O–H groups in total. The molecule has 0 bridgehead atoms. The summed E-state index contributed by atoms with van der Waals surface area (Å²) in [6.07, 6.45) is 2.69. The molecular weight excluding hydrogens is 222 g/mol. The number of halogens is 1. The monoisotopic (exact) mass is 231 g/mol. The van der Waals surface area contributed by atoms with E-state index in [1.807, 2.05) is 11.5 Å². The summed E-state index contributed by atoms with van der Waals surface area (Å²) >= 11 is 5.06. The summed E-state index contributed by atoms with van der Waals surface area (Å²) in [5.74, 6) is 0. The molecule has 1 nitrogen and oxygen atoms in total. The van der Waals surface area contributed by atoms with Gasteiger partial charge in [0.1, 0.15) is 0 Å². The van der Waals surface area contributed by atoms with Crippen LogP contribution in [0.1, 0.15) is 17.3 Å². The summed E-state index contributed by atoms with van der Waals surface area (Å²) in [5, 5.41) is 2.04. The molecule has 1 aromatic heterocycles. The van der Waals surface area contributed by atoms with Crippen LogP contribution in [0.25, 0.3) is 0 Å². The van der Waals surface area contributed by atoms with Gasteiger partial charge in [-0.1, -0.05) is 6.08 Å². The van der Waals surface area contributed by atoms with Gasteiger partial charge in [-0.05, 0) is 28.4 Å². The first-order chi connectivity index (χ1) is 5.24. The minimum atomic E-state index is 0.115. The van der Waals surface area contributed by atoms with Gasteiger partial charge in [0.2, 0.25) is 0 Å². The lowest BCUT2D eigenvalue weighted by Crippen LogP contribution is -2.06. The van der Waals surface area contributed by atoms with Crippen molar-refractivity contribution in [3.05, 3.63) is 33.5 Å². The maximum Gasteiger partial charge on any atom is 0.0424 e. The van der Waals surface area contributed by atoms with Crippen molar-refractivity contribution in [1.82, 2.24) is 0 Å².